The van der Waals surface area contributed by atoms with Crippen LogP contribution in [0.2, 0.25) is 18.1 Å². The molecule has 0 spiro atoms. The molecule has 0 radical (unpaired) electrons. The zero-order chi connectivity index (χ0) is 20.2. The van der Waals surface area contributed by atoms with Gasteiger partial charge in [-0.15, -0.1) is 11.3 Å². The van der Waals surface area contributed by atoms with Gasteiger partial charge >= 0.3 is 5.97 Å². The second-order valence-electron chi connectivity index (χ2n) is 7.84. The second kappa shape index (κ2) is 8.33. The van der Waals surface area contributed by atoms with Crippen LogP contribution < -0.4 is 5.32 Å². The topological polar surface area (TPSA) is 88.5 Å². The molecule has 2 rings (SSSR count). The minimum Gasteiger partial charge on any atom is -0.480 e. The lowest BCUT2D eigenvalue weighted by Gasteiger charge is -2.36. The zero-order valence-corrected chi connectivity index (χ0v) is 18.1. The normalized spacial score (nSPS) is 13.2. The summed E-state index contributed by atoms with van der Waals surface area (Å²) in [6, 6.07) is 8.41. The first kappa shape index (κ1) is 21.3. The van der Waals surface area contributed by atoms with E-state index in [9.17, 15) is 14.7 Å². The predicted molar refractivity (Wildman–Crippen MR) is 110 cm³/mol. The highest BCUT2D eigenvalue weighted by Crippen LogP contribution is 2.36. The van der Waals surface area contributed by atoms with E-state index in [2.05, 4.69) is 31.1 Å². The van der Waals surface area contributed by atoms with Gasteiger partial charge in [-0.05, 0) is 18.1 Å². The molecule has 27 heavy (non-hydrogen) atoms. The van der Waals surface area contributed by atoms with Crippen molar-refractivity contribution in [3.8, 4) is 10.6 Å². The molecule has 2 N–H and O–H groups in total. The fourth-order valence-corrected chi connectivity index (χ4v) is 3.83. The van der Waals surface area contributed by atoms with Crippen molar-refractivity contribution in [2.75, 3.05) is 6.61 Å². The number of carboxylic acids is 1. The van der Waals surface area contributed by atoms with E-state index in [4.69, 9.17) is 4.43 Å². The average molecular weight is 407 g/mol. The van der Waals surface area contributed by atoms with Gasteiger partial charge in [0.25, 0.3) is 5.91 Å². The number of nitrogens with zero attached hydrogens (tertiary/aromatic N) is 1. The molecule has 2 aromatic rings. The molecule has 146 valence electrons. The van der Waals surface area contributed by atoms with E-state index in [1.807, 2.05) is 43.4 Å². The number of hydrogen-bond donors (Lipinski definition) is 2. The highest BCUT2D eigenvalue weighted by Gasteiger charge is 2.38. The summed E-state index contributed by atoms with van der Waals surface area (Å²) >= 11 is 1.34. The number of amides is 1. The van der Waals surface area contributed by atoms with Crippen molar-refractivity contribution < 1.29 is 19.1 Å². The SMILES string of the molecule is CC(C)(C)[Si](C)(C)OC[C@H](NC(=O)c1csc(-c2ccccc2)n1)C(=O)O. The highest BCUT2D eigenvalue weighted by atomic mass is 32.1. The third-order valence-electron chi connectivity index (χ3n) is 4.78. The van der Waals surface area contributed by atoms with Gasteiger partial charge in [-0.2, -0.15) is 0 Å². The lowest BCUT2D eigenvalue weighted by molar-refractivity contribution is -0.140. The first-order valence-corrected chi connectivity index (χ1v) is 12.5. The Morgan fingerprint density at radius 1 is 1.26 bits per heavy atom. The molecule has 1 atom stereocenters. The molecule has 1 amide bonds. The molecule has 0 aliphatic carbocycles. The number of aliphatic carboxylic acids is 1. The van der Waals surface area contributed by atoms with E-state index in [0.29, 0.717) is 5.01 Å². The largest absolute Gasteiger partial charge is 0.480 e. The molecule has 0 unspecified atom stereocenters. The molecular formula is C19H26N2O4SSi. The quantitative estimate of drug-likeness (QED) is 0.678. The van der Waals surface area contributed by atoms with Crippen molar-refractivity contribution in [1.82, 2.24) is 10.3 Å². The Morgan fingerprint density at radius 3 is 2.44 bits per heavy atom. The maximum Gasteiger partial charge on any atom is 0.328 e. The lowest BCUT2D eigenvalue weighted by Crippen LogP contribution is -2.49. The monoisotopic (exact) mass is 406 g/mol. The van der Waals surface area contributed by atoms with Crippen molar-refractivity contribution in [2.45, 2.75) is 44.9 Å². The first-order valence-electron chi connectivity index (χ1n) is 8.70. The number of benzene rings is 1. The summed E-state index contributed by atoms with van der Waals surface area (Å²) in [4.78, 5) is 28.3. The van der Waals surface area contributed by atoms with Gasteiger partial charge < -0.3 is 14.8 Å². The van der Waals surface area contributed by atoms with Gasteiger partial charge in [0.15, 0.2) is 8.32 Å². The number of hydrogen-bond acceptors (Lipinski definition) is 5. The van der Waals surface area contributed by atoms with E-state index < -0.39 is 26.2 Å². The van der Waals surface area contributed by atoms with Crippen molar-refractivity contribution in [3.63, 3.8) is 0 Å². The Balaban J connectivity index is 2.05. The molecular weight excluding hydrogens is 380 g/mol. The van der Waals surface area contributed by atoms with E-state index in [1.165, 1.54) is 11.3 Å². The van der Waals surface area contributed by atoms with Gasteiger partial charge in [-0.3, -0.25) is 4.79 Å². The van der Waals surface area contributed by atoms with Gasteiger partial charge in [0.2, 0.25) is 0 Å². The molecule has 0 aliphatic rings. The van der Waals surface area contributed by atoms with Crippen molar-refractivity contribution in [2.24, 2.45) is 0 Å². The van der Waals surface area contributed by atoms with Gasteiger partial charge in [-0.25, -0.2) is 9.78 Å². The number of carbonyl (C=O) groups excluding carboxylic acids is 1. The van der Waals surface area contributed by atoms with Crippen LogP contribution in [0, 0.1) is 0 Å². The number of carbonyl (C=O) groups is 2. The Labute approximate surface area is 164 Å². The van der Waals surface area contributed by atoms with E-state index >= 15 is 0 Å². The minimum atomic E-state index is -2.11. The Hall–Kier alpha value is -2.03. The number of aromatic nitrogens is 1. The van der Waals surface area contributed by atoms with E-state index in [0.717, 1.165) is 5.56 Å². The summed E-state index contributed by atoms with van der Waals surface area (Å²) in [7, 11) is -2.11. The fourth-order valence-electron chi connectivity index (χ4n) is 2.01. The Bertz CT molecular complexity index is 800. The van der Waals surface area contributed by atoms with Crippen molar-refractivity contribution in [3.05, 3.63) is 41.4 Å². The summed E-state index contributed by atoms with van der Waals surface area (Å²) in [5, 5.41) is 14.3. The lowest BCUT2D eigenvalue weighted by atomic mass is 10.2. The maximum atomic E-state index is 12.5. The Kier molecular flexibility index (Phi) is 6.56. The molecule has 6 nitrogen and oxygen atoms in total. The van der Waals surface area contributed by atoms with Crippen LogP contribution in [0.3, 0.4) is 0 Å². The number of nitrogens with one attached hydrogen (secondary N) is 1. The van der Waals surface area contributed by atoms with Crippen LogP contribution in [-0.2, 0) is 9.22 Å². The third-order valence-corrected chi connectivity index (χ3v) is 10.2. The smallest absolute Gasteiger partial charge is 0.328 e. The molecule has 0 fully saturated rings. The van der Waals surface area contributed by atoms with Crippen LogP contribution in [0.15, 0.2) is 35.7 Å². The van der Waals surface area contributed by atoms with Crippen LogP contribution in [0.1, 0.15) is 31.3 Å². The van der Waals surface area contributed by atoms with E-state index in [-0.39, 0.29) is 17.3 Å². The first-order chi connectivity index (χ1) is 12.5. The van der Waals surface area contributed by atoms with Crippen LogP contribution >= 0.6 is 11.3 Å². The number of thiazole rings is 1. The summed E-state index contributed by atoms with van der Waals surface area (Å²) in [5.74, 6) is -1.64. The van der Waals surface area contributed by atoms with Gasteiger partial charge in [0, 0.05) is 10.9 Å². The standard InChI is InChI=1S/C19H26N2O4SSi/c1-19(2,3)27(4,5)25-11-14(18(23)24)20-16(22)15-12-26-17(21-15)13-9-7-6-8-10-13/h6-10,12,14H,11H2,1-5H3,(H,20,22)(H,23,24)/t14-/m0/s1. The van der Waals surface area contributed by atoms with Crippen LogP contribution in [0.4, 0.5) is 0 Å². The number of rotatable bonds is 7. The van der Waals surface area contributed by atoms with Gasteiger partial charge in [-0.1, -0.05) is 51.1 Å². The van der Waals surface area contributed by atoms with Crippen molar-refractivity contribution >= 4 is 31.5 Å². The van der Waals surface area contributed by atoms with Crippen molar-refractivity contribution in [1.29, 1.82) is 0 Å². The third kappa shape index (κ3) is 5.47. The maximum absolute atomic E-state index is 12.5. The van der Waals surface area contributed by atoms with Gasteiger partial charge in [0.1, 0.15) is 16.7 Å². The highest BCUT2D eigenvalue weighted by molar-refractivity contribution is 7.13. The molecule has 8 heteroatoms. The fraction of sp³-hybridized carbons (Fsp3) is 0.421. The second-order valence-corrected chi connectivity index (χ2v) is 13.5. The molecule has 1 aromatic carbocycles. The van der Waals surface area contributed by atoms with Crippen LogP contribution in [-0.4, -0.2) is 42.9 Å². The summed E-state index contributed by atoms with van der Waals surface area (Å²) < 4.78 is 5.95. The molecule has 0 saturated heterocycles. The predicted octanol–water partition coefficient (Wildman–Crippen LogP) is 4.01. The number of carboxylic acid groups (broad SMARTS) is 1. The summed E-state index contributed by atoms with van der Waals surface area (Å²) in [6.45, 7) is 10.3. The van der Waals surface area contributed by atoms with E-state index in [1.54, 1.807) is 5.38 Å². The Morgan fingerprint density at radius 2 is 1.89 bits per heavy atom. The molecule has 0 saturated carbocycles. The molecule has 1 heterocycles. The minimum absolute atomic E-state index is 0.0421. The summed E-state index contributed by atoms with van der Waals surface area (Å²) in [6.07, 6.45) is 0. The molecule has 1 aromatic heterocycles. The van der Waals surface area contributed by atoms with Crippen LogP contribution in [0.5, 0.6) is 0 Å². The average Bonchev–Trinajstić information content (AvgIpc) is 3.08. The zero-order valence-electron chi connectivity index (χ0n) is 16.3. The molecule has 0 aliphatic heterocycles. The molecule has 0 bridgehead atoms. The van der Waals surface area contributed by atoms with Crippen LogP contribution in [0.25, 0.3) is 10.6 Å². The van der Waals surface area contributed by atoms with Gasteiger partial charge in [0.05, 0.1) is 6.61 Å². The summed E-state index contributed by atoms with van der Waals surface area (Å²) in [5.41, 5.74) is 1.12.